The second-order valence-electron chi connectivity index (χ2n) is 4.64. The Hall–Kier alpha value is -2.10. The molecule has 4 nitrogen and oxygen atoms in total. The van der Waals surface area contributed by atoms with E-state index in [1.807, 2.05) is 18.3 Å². The number of hydrogen-bond donors (Lipinski definition) is 3. The molecule has 100 valence electrons. The lowest BCUT2D eigenvalue weighted by atomic mass is 10.1. The van der Waals surface area contributed by atoms with Gasteiger partial charge in [-0.05, 0) is 25.0 Å². The van der Waals surface area contributed by atoms with Crippen molar-refractivity contribution in [2.24, 2.45) is 5.73 Å². The number of nitrogens with one attached hydrogen (secondary N) is 2. The summed E-state index contributed by atoms with van der Waals surface area (Å²) in [6.07, 6.45) is 5.68. The molecule has 1 aromatic carbocycles. The number of nitrogens with zero attached hydrogens (tertiary/aromatic N) is 1. The summed E-state index contributed by atoms with van der Waals surface area (Å²) < 4.78 is 0. The fourth-order valence-corrected chi connectivity index (χ4v) is 2.09. The van der Waals surface area contributed by atoms with E-state index in [4.69, 9.17) is 11.1 Å². The Labute approximate surface area is 113 Å². The molecule has 0 aliphatic rings. The van der Waals surface area contributed by atoms with Gasteiger partial charge in [0.2, 0.25) is 0 Å². The van der Waals surface area contributed by atoms with Crippen LogP contribution < -0.4 is 11.1 Å². The summed E-state index contributed by atoms with van der Waals surface area (Å²) in [5, 5.41) is 11.7. The molecule has 0 amide bonds. The van der Waals surface area contributed by atoms with Crippen molar-refractivity contribution < 1.29 is 0 Å². The van der Waals surface area contributed by atoms with Crippen LogP contribution in [0.15, 0.2) is 36.5 Å². The first-order valence-electron chi connectivity index (χ1n) is 6.68. The van der Waals surface area contributed by atoms with Gasteiger partial charge in [-0.1, -0.05) is 24.6 Å². The van der Waals surface area contributed by atoms with E-state index in [2.05, 4.69) is 28.5 Å². The van der Waals surface area contributed by atoms with E-state index in [0.717, 1.165) is 42.4 Å². The summed E-state index contributed by atoms with van der Waals surface area (Å²) in [7, 11) is 0. The largest absolute Gasteiger partial charge is 0.388 e. The van der Waals surface area contributed by atoms with Gasteiger partial charge in [0.1, 0.15) is 0 Å². The summed E-state index contributed by atoms with van der Waals surface area (Å²) in [6.45, 7) is 0.924. The Balaban J connectivity index is 1.83. The second-order valence-corrected chi connectivity index (χ2v) is 4.64. The number of para-hydroxylation sites is 1. The van der Waals surface area contributed by atoms with E-state index in [9.17, 15) is 0 Å². The first kappa shape index (κ1) is 13.3. The molecule has 1 heterocycles. The van der Waals surface area contributed by atoms with E-state index in [1.165, 1.54) is 0 Å². The third-order valence-corrected chi connectivity index (χ3v) is 3.07. The molecule has 0 saturated heterocycles. The van der Waals surface area contributed by atoms with Crippen molar-refractivity contribution in [3.63, 3.8) is 0 Å². The van der Waals surface area contributed by atoms with Crippen molar-refractivity contribution in [1.29, 1.82) is 5.41 Å². The molecule has 0 atom stereocenters. The predicted octanol–water partition coefficient (Wildman–Crippen LogP) is 3.14. The summed E-state index contributed by atoms with van der Waals surface area (Å²) in [5.41, 5.74) is 7.43. The molecule has 0 saturated carbocycles. The standard InChI is InChI=1S/C15H20N4/c16-14(17)9-2-1-3-10-18-13-8-4-6-12-7-5-11-19-15(12)13/h4-8,11,18H,1-3,9-10H2,(H3,16,17). The van der Waals surface area contributed by atoms with E-state index in [1.54, 1.807) is 0 Å². The summed E-state index contributed by atoms with van der Waals surface area (Å²) in [5.74, 6) is 0.284. The normalized spacial score (nSPS) is 10.5. The van der Waals surface area contributed by atoms with Gasteiger partial charge in [-0.25, -0.2) is 0 Å². The molecule has 0 aliphatic heterocycles. The average Bonchev–Trinajstić information content (AvgIpc) is 2.42. The molecule has 0 spiro atoms. The molecule has 0 fully saturated rings. The highest BCUT2D eigenvalue weighted by atomic mass is 14.9. The number of anilines is 1. The van der Waals surface area contributed by atoms with Gasteiger partial charge in [-0.15, -0.1) is 0 Å². The molecule has 4 heteroatoms. The Kier molecular flexibility index (Phi) is 4.72. The van der Waals surface area contributed by atoms with Gasteiger partial charge < -0.3 is 11.1 Å². The highest BCUT2D eigenvalue weighted by Crippen LogP contribution is 2.20. The molecular weight excluding hydrogens is 236 g/mol. The Morgan fingerprint density at radius 2 is 2.00 bits per heavy atom. The Morgan fingerprint density at radius 3 is 2.84 bits per heavy atom. The molecule has 1 aromatic heterocycles. The number of pyridine rings is 1. The van der Waals surface area contributed by atoms with Crippen molar-refractivity contribution in [2.45, 2.75) is 25.7 Å². The first-order valence-corrected chi connectivity index (χ1v) is 6.68. The van der Waals surface area contributed by atoms with Gasteiger partial charge in [-0.2, -0.15) is 0 Å². The van der Waals surface area contributed by atoms with E-state index in [-0.39, 0.29) is 5.84 Å². The maximum Gasteiger partial charge on any atom is 0.0933 e. The van der Waals surface area contributed by atoms with Crippen LogP contribution in [0.4, 0.5) is 5.69 Å². The fourth-order valence-electron chi connectivity index (χ4n) is 2.09. The van der Waals surface area contributed by atoms with E-state index >= 15 is 0 Å². The molecule has 0 radical (unpaired) electrons. The predicted molar refractivity (Wildman–Crippen MR) is 80.6 cm³/mol. The van der Waals surface area contributed by atoms with Gasteiger partial charge in [0, 0.05) is 24.5 Å². The van der Waals surface area contributed by atoms with Crippen molar-refractivity contribution in [1.82, 2.24) is 4.98 Å². The molecule has 2 rings (SSSR count). The molecule has 0 unspecified atom stereocenters. The number of nitrogens with two attached hydrogens (primary N) is 1. The summed E-state index contributed by atoms with van der Waals surface area (Å²) >= 11 is 0. The third kappa shape index (κ3) is 3.95. The van der Waals surface area contributed by atoms with E-state index < -0.39 is 0 Å². The van der Waals surface area contributed by atoms with Gasteiger partial charge in [0.05, 0.1) is 17.0 Å². The zero-order valence-electron chi connectivity index (χ0n) is 11.0. The van der Waals surface area contributed by atoms with Gasteiger partial charge >= 0.3 is 0 Å². The van der Waals surface area contributed by atoms with Crippen LogP contribution in [0, 0.1) is 5.41 Å². The van der Waals surface area contributed by atoms with Crippen LogP contribution in [0.2, 0.25) is 0 Å². The minimum atomic E-state index is 0.284. The zero-order chi connectivity index (χ0) is 13.5. The van der Waals surface area contributed by atoms with Crippen molar-refractivity contribution in [3.8, 4) is 0 Å². The minimum Gasteiger partial charge on any atom is -0.388 e. The van der Waals surface area contributed by atoms with Gasteiger partial charge in [-0.3, -0.25) is 10.4 Å². The van der Waals surface area contributed by atoms with Gasteiger partial charge in [0.15, 0.2) is 0 Å². The number of unbranched alkanes of at least 4 members (excludes halogenated alkanes) is 2. The summed E-state index contributed by atoms with van der Waals surface area (Å²) in [4.78, 5) is 4.41. The lowest BCUT2D eigenvalue weighted by Crippen LogP contribution is -2.09. The van der Waals surface area contributed by atoms with Crippen LogP contribution in [0.1, 0.15) is 25.7 Å². The first-order chi connectivity index (χ1) is 9.27. The monoisotopic (exact) mass is 256 g/mol. The fraction of sp³-hybridized carbons (Fsp3) is 0.333. The van der Waals surface area contributed by atoms with Crippen molar-refractivity contribution in [2.75, 3.05) is 11.9 Å². The molecular formula is C15H20N4. The maximum atomic E-state index is 7.15. The lowest BCUT2D eigenvalue weighted by molar-refractivity contribution is 0.716. The third-order valence-electron chi connectivity index (χ3n) is 3.07. The number of benzene rings is 1. The highest BCUT2D eigenvalue weighted by molar-refractivity contribution is 5.90. The topological polar surface area (TPSA) is 74.8 Å². The smallest absolute Gasteiger partial charge is 0.0933 e. The molecule has 2 aromatic rings. The summed E-state index contributed by atoms with van der Waals surface area (Å²) in [6, 6.07) is 10.2. The van der Waals surface area contributed by atoms with Crippen molar-refractivity contribution in [3.05, 3.63) is 36.5 Å². The van der Waals surface area contributed by atoms with Crippen LogP contribution in [-0.2, 0) is 0 Å². The van der Waals surface area contributed by atoms with Crippen LogP contribution in [-0.4, -0.2) is 17.4 Å². The number of rotatable bonds is 7. The van der Waals surface area contributed by atoms with Crippen LogP contribution >= 0.6 is 0 Å². The quantitative estimate of drug-likeness (QED) is 0.405. The highest BCUT2D eigenvalue weighted by Gasteiger charge is 2.00. The second kappa shape index (κ2) is 6.73. The van der Waals surface area contributed by atoms with Gasteiger partial charge in [0.25, 0.3) is 0 Å². The lowest BCUT2D eigenvalue weighted by Gasteiger charge is -2.08. The Bertz CT molecular complexity index is 545. The number of amidine groups is 1. The Morgan fingerprint density at radius 1 is 1.16 bits per heavy atom. The average molecular weight is 256 g/mol. The van der Waals surface area contributed by atoms with Crippen LogP contribution in [0.25, 0.3) is 10.9 Å². The zero-order valence-corrected chi connectivity index (χ0v) is 11.0. The molecule has 19 heavy (non-hydrogen) atoms. The molecule has 4 N–H and O–H groups in total. The molecule has 0 aliphatic carbocycles. The maximum absolute atomic E-state index is 7.15. The number of hydrogen-bond acceptors (Lipinski definition) is 3. The number of aromatic nitrogens is 1. The van der Waals surface area contributed by atoms with Crippen LogP contribution in [0.5, 0.6) is 0 Å². The minimum absolute atomic E-state index is 0.284. The SMILES string of the molecule is N=C(N)CCCCCNc1cccc2cccnc12. The van der Waals surface area contributed by atoms with Crippen molar-refractivity contribution >= 4 is 22.4 Å². The molecule has 0 bridgehead atoms. The van der Waals surface area contributed by atoms with E-state index in [0.29, 0.717) is 6.42 Å². The number of fused-ring (bicyclic) bond motifs is 1. The van der Waals surface area contributed by atoms with Crippen LogP contribution in [0.3, 0.4) is 0 Å².